The van der Waals surface area contributed by atoms with Gasteiger partial charge in [-0.05, 0) is 69.3 Å². The number of aromatic amines is 1. The third-order valence-electron chi connectivity index (χ3n) is 7.85. The van der Waals surface area contributed by atoms with Crippen LogP contribution in [0.15, 0.2) is 12.3 Å². The van der Waals surface area contributed by atoms with Gasteiger partial charge in [-0.25, -0.2) is 0 Å². The number of ether oxygens (including phenoxy) is 1. The largest absolute Gasteiger partial charge is 0.376 e. The lowest BCUT2D eigenvalue weighted by Crippen LogP contribution is -2.52. The van der Waals surface area contributed by atoms with Crippen molar-refractivity contribution >= 4 is 5.91 Å². The van der Waals surface area contributed by atoms with E-state index < -0.39 is 0 Å². The smallest absolute Gasteiger partial charge is 0.226 e. The number of hydrogen-bond acceptors (Lipinski definition) is 3. The number of amides is 1. The summed E-state index contributed by atoms with van der Waals surface area (Å²) < 4.78 is 6.49. The van der Waals surface area contributed by atoms with Crippen LogP contribution in [0.4, 0.5) is 0 Å². The number of rotatable bonds is 6. The molecular weight excluding hydrogens is 362 g/mol. The van der Waals surface area contributed by atoms with Crippen LogP contribution in [0.25, 0.3) is 0 Å². The Bertz CT molecular complexity index is 631. The summed E-state index contributed by atoms with van der Waals surface area (Å²) in [5.74, 6) is 2.55. The average Bonchev–Trinajstić information content (AvgIpc) is 3.46. The highest BCUT2D eigenvalue weighted by atomic mass is 16.5. The predicted molar refractivity (Wildman–Crippen MR) is 115 cm³/mol. The molecule has 1 aliphatic heterocycles. The fraction of sp³-hybridized carbons (Fsp3) is 0.833. The van der Waals surface area contributed by atoms with Gasteiger partial charge in [0.1, 0.15) is 0 Å². The molecule has 1 saturated heterocycles. The summed E-state index contributed by atoms with van der Waals surface area (Å²) in [6.07, 6.45) is 13.8. The average molecular weight is 402 g/mol. The maximum atomic E-state index is 13.3. The van der Waals surface area contributed by atoms with Gasteiger partial charge in [-0.2, -0.15) is 5.10 Å². The number of H-pyrrole nitrogens is 1. The zero-order chi connectivity index (χ0) is 20.2. The summed E-state index contributed by atoms with van der Waals surface area (Å²) in [4.78, 5) is 15.5. The number of hydrogen-bond donors (Lipinski definition) is 1. The highest BCUT2D eigenvalue weighted by molar-refractivity contribution is 5.79. The van der Waals surface area contributed by atoms with Gasteiger partial charge in [-0.3, -0.25) is 9.89 Å². The van der Waals surface area contributed by atoms with E-state index in [9.17, 15) is 4.79 Å². The molecule has 2 aliphatic carbocycles. The van der Waals surface area contributed by atoms with E-state index in [4.69, 9.17) is 4.74 Å². The van der Waals surface area contributed by atoms with Gasteiger partial charge in [0, 0.05) is 30.3 Å². The van der Waals surface area contributed by atoms with Crippen molar-refractivity contribution < 1.29 is 9.53 Å². The molecule has 29 heavy (non-hydrogen) atoms. The van der Waals surface area contributed by atoms with Crippen molar-refractivity contribution in [1.82, 2.24) is 15.1 Å². The minimum Gasteiger partial charge on any atom is -0.376 e. The van der Waals surface area contributed by atoms with Crippen LogP contribution in [-0.4, -0.2) is 46.3 Å². The summed E-state index contributed by atoms with van der Waals surface area (Å²) >= 11 is 0. The quantitative estimate of drug-likeness (QED) is 0.737. The van der Waals surface area contributed by atoms with Crippen LogP contribution in [-0.2, 0) is 9.53 Å². The number of likely N-dealkylation sites (tertiary alicyclic amines) is 1. The molecule has 5 nitrogen and oxygen atoms in total. The first-order chi connectivity index (χ1) is 14.1. The lowest BCUT2D eigenvalue weighted by Gasteiger charge is -2.43. The monoisotopic (exact) mass is 401 g/mol. The second-order valence-electron chi connectivity index (χ2n) is 9.96. The fourth-order valence-electron chi connectivity index (χ4n) is 5.94. The minimum absolute atomic E-state index is 0.139. The first-order valence-electron chi connectivity index (χ1n) is 12.0. The molecule has 3 aliphatic rings. The molecule has 0 aromatic carbocycles. The second-order valence-corrected chi connectivity index (χ2v) is 9.96. The van der Waals surface area contributed by atoms with Gasteiger partial charge < -0.3 is 9.64 Å². The van der Waals surface area contributed by atoms with Crippen LogP contribution >= 0.6 is 0 Å². The summed E-state index contributed by atoms with van der Waals surface area (Å²) in [5, 5.41) is 7.36. The van der Waals surface area contributed by atoms with Gasteiger partial charge in [0.05, 0.1) is 18.8 Å². The van der Waals surface area contributed by atoms with Crippen LogP contribution in [0, 0.1) is 17.8 Å². The number of carbonyl (C=O) groups excluding carboxylic acids is 1. The summed E-state index contributed by atoms with van der Waals surface area (Å²) in [6, 6.07) is 2.22. The van der Waals surface area contributed by atoms with Crippen LogP contribution < -0.4 is 0 Å². The van der Waals surface area contributed by atoms with E-state index in [1.165, 1.54) is 38.5 Å². The van der Waals surface area contributed by atoms with Gasteiger partial charge >= 0.3 is 0 Å². The van der Waals surface area contributed by atoms with E-state index in [1.807, 2.05) is 6.20 Å². The first kappa shape index (κ1) is 20.9. The Hall–Kier alpha value is -1.36. The first-order valence-corrected chi connectivity index (χ1v) is 12.0. The number of aromatic nitrogens is 2. The molecule has 1 amide bonds. The molecule has 1 N–H and O–H groups in total. The summed E-state index contributed by atoms with van der Waals surface area (Å²) in [6.45, 7) is 6.23. The third-order valence-corrected chi connectivity index (χ3v) is 7.85. The molecule has 3 fully saturated rings. The van der Waals surface area contributed by atoms with Crippen molar-refractivity contribution in [1.29, 1.82) is 0 Å². The molecule has 0 radical (unpaired) electrons. The van der Waals surface area contributed by atoms with Crippen LogP contribution in [0.3, 0.4) is 0 Å². The van der Waals surface area contributed by atoms with E-state index in [-0.39, 0.29) is 12.0 Å². The SMILES string of the molecule is CC(C)C1CCC(OCC2C(c3ccn[nH]3)CCCN2C(=O)C2CCCC2)CC1. The van der Waals surface area contributed by atoms with E-state index in [2.05, 4.69) is 35.0 Å². The third kappa shape index (κ3) is 4.87. The van der Waals surface area contributed by atoms with Crippen molar-refractivity contribution in [3.63, 3.8) is 0 Å². The second kappa shape index (κ2) is 9.63. The number of nitrogens with one attached hydrogen (secondary N) is 1. The molecule has 2 saturated carbocycles. The molecule has 5 heteroatoms. The van der Waals surface area contributed by atoms with Gasteiger partial charge in [0.2, 0.25) is 5.91 Å². The summed E-state index contributed by atoms with van der Waals surface area (Å²) in [5.41, 5.74) is 1.16. The van der Waals surface area contributed by atoms with Crippen molar-refractivity contribution in [2.45, 2.75) is 96.1 Å². The Morgan fingerprint density at radius 2 is 1.90 bits per heavy atom. The van der Waals surface area contributed by atoms with Gasteiger partial charge in [-0.15, -0.1) is 0 Å². The standard InChI is InChI=1S/C24H39N3O2/c1-17(2)18-9-11-20(12-10-18)29-16-23-21(22-13-14-25-26-22)8-5-15-27(23)24(28)19-6-3-4-7-19/h13-14,17-21,23H,3-12,15-16H2,1-2H3,(H,25,26). The Morgan fingerprint density at radius 1 is 1.14 bits per heavy atom. The molecule has 2 atom stereocenters. The molecule has 162 valence electrons. The van der Waals surface area contributed by atoms with E-state index in [0.717, 1.165) is 49.8 Å². The molecular formula is C24H39N3O2. The Labute approximate surface area is 176 Å². The summed E-state index contributed by atoms with van der Waals surface area (Å²) in [7, 11) is 0. The zero-order valence-corrected chi connectivity index (χ0v) is 18.3. The highest BCUT2D eigenvalue weighted by Crippen LogP contribution is 2.37. The zero-order valence-electron chi connectivity index (χ0n) is 18.3. The maximum Gasteiger partial charge on any atom is 0.226 e. The van der Waals surface area contributed by atoms with E-state index in [0.29, 0.717) is 24.5 Å². The van der Waals surface area contributed by atoms with Crippen molar-refractivity contribution in [2.75, 3.05) is 13.2 Å². The fourth-order valence-corrected chi connectivity index (χ4v) is 5.94. The van der Waals surface area contributed by atoms with Gasteiger partial charge in [0.25, 0.3) is 0 Å². The van der Waals surface area contributed by atoms with Crippen molar-refractivity contribution in [3.05, 3.63) is 18.0 Å². The number of nitrogens with zero attached hydrogens (tertiary/aromatic N) is 2. The van der Waals surface area contributed by atoms with E-state index >= 15 is 0 Å². The van der Waals surface area contributed by atoms with Crippen LogP contribution in [0.5, 0.6) is 0 Å². The van der Waals surface area contributed by atoms with Gasteiger partial charge in [0.15, 0.2) is 0 Å². The Morgan fingerprint density at radius 3 is 2.55 bits per heavy atom. The molecule has 1 aromatic rings. The molecule has 0 bridgehead atoms. The number of carbonyl (C=O) groups is 1. The number of piperidine rings is 1. The molecule has 0 spiro atoms. The molecule has 2 unspecified atom stereocenters. The van der Waals surface area contributed by atoms with Crippen LogP contribution in [0.2, 0.25) is 0 Å². The van der Waals surface area contributed by atoms with Gasteiger partial charge in [-0.1, -0.05) is 26.7 Å². The lowest BCUT2D eigenvalue weighted by atomic mass is 9.80. The minimum atomic E-state index is 0.139. The van der Waals surface area contributed by atoms with Crippen molar-refractivity contribution in [2.24, 2.45) is 17.8 Å². The topological polar surface area (TPSA) is 58.2 Å². The predicted octanol–water partition coefficient (Wildman–Crippen LogP) is 4.91. The molecule has 1 aromatic heterocycles. The van der Waals surface area contributed by atoms with Crippen LogP contribution in [0.1, 0.15) is 89.7 Å². The van der Waals surface area contributed by atoms with Crippen molar-refractivity contribution in [3.8, 4) is 0 Å². The molecule has 2 heterocycles. The normalized spacial score (nSPS) is 31.5. The molecule has 4 rings (SSSR count). The van der Waals surface area contributed by atoms with E-state index in [1.54, 1.807) is 0 Å². The highest BCUT2D eigenvalue weighted by Gasteiger charge is 2.39. The Balaban J connectivity index is 1.43. The lowest BCUT2D eigenvalue weighted by molar-refractivity contribution is -0.142. The Kier molecular flexibility index (Phi) is 6.94. The maximum absolute atomic E-state index is 13.3.